The Labute approximate surface area is 79.6 Å². The maximum Gasteiger partial charge on any atom is 0.0397 e. The molecule has 3 nitrogen and oxygen atoms in total. The predicted molar refractivity (Wildman–Crippen MR) is 55.9 cm³/mol. The normalized spacial score (nSPS) is 10.1. The number of anilines is 1. The third kappa shape index (κ3) is 3.03. The van der Waals surface area contributed by atoms with Crippen molar-refractivity contribution in [2.45, 2.75) is 13.3 Å². The lowest BCUT2D eigenvalue weighted by Gasteiger charge is -2.18. The molecule has 0 aromatic carbocycles. The van der Waals surface area contributed by atoms with Gasteiger partial charge in [-0.2, -0.15) is 0 Å². The van der Waals surface area contributed by atoms with Crippen LogP contribution in [0.15, 0.2) is 18.3 Å². The number of nitrogens with two attached hydrogens (primary N) is 1. The van der Waals surface area contributed by atoms with Crippen molar-refractivity contribution >= 4 is 5.69 Å². The number of aromatic nitrogens is 1. The summed E-state index contributed by atoms with van der Waals surface area (Å²) in [5.74, 6) is 0. The van der Waals surface area contributed by atoms with E-state index < -0.39 is 0 Å². The molecule has 1 aromatic heterocycles. The molecule has 0 saturated carbocycles. The second-order valence-electron chi connectivity index (χ2n) is 3.22. The van der Waals surface area contributed by atoms with Gasteiger partial charge in [-0.25, -0.2) is 0 Å². The zero-order valence-electron chi connectivity index (χ0n) is 8.33. The average Bonchev–Trinajstić information content (AvgIpc) is 2.14. The molecule has 0 saturated heterocycles. The van der Waals surface area contributed by atoms with Gasteiger partial charge in [-0.15, -0.1) is 0 Å². The molecule has 0 unspecified atom stereocenters. The minimum absolute atomic E-state index is 0.744. The lowest BCUT2D eigenvalue weighted by molar-refractivity contribution is 0.794. The molecule has 0 bridgehead atoms. The highest BCUT2D eigenvalue weighted by atomic mass is 15.1. The van der Waals surface area contributed by atoms with E-state index >= 15 is 0 Å². The summed E-state index contributed by atoms with van der Waals surface area (Å²) in [6.45, 7) is 3.74. The zero-order chi connectivity index (χ0) is 9.68. The van der Waals surface area contributed by atoms with Crippen LogP contribution in [0.4, 0.5) is 5.69 Å². The second-order valence-corrected chi connectivity index (χ2v) is 3.22. The van der Waals surface area contributed by atoms with E-state index in [2.05, 4.69) is 23.0 Å². The van der Waals surface area contributed by atoms with E-state index in [1.807, 2.05) is 19.2 Å². The second kappa shape index (κ2) is 4.82. The van der Waals surface area contributed by atoms with Crippen molar-refractivity contribution in [1.82, 2.24) is 4.98 Å². The van der Waals surface area contributed by atoms with Gasteiger partial charge in [0.15, 0.2) is 0 Å². The summed E-state index contributed by atoms with van der Waals surface area (Å²) in [5.41, 5.74) is 7.71. The Hall–Kier alpha value is -1.09. The van der Waals surface area contributed by atoms with Gasteiger partial charge in [-0.3, -0.25) is 4.98 Å². The summed E-state index contributed by atoms with van der Waals surface area (Å²) in [6, 6.07) is 4.10. The van der Waals surface area contributed by atoms with Crippen molar-refractivity contribution in [3.8, 4) is 0 Å². The number of rotatable bonds is 4. The summed E-state index contributed by atoms with van der Waals surface area (Å²) in [7, 11) is 2.07. The van der Waals surface area contributed by atoms with Gasteiger partial charge < -0.3 is 10.6 Å². The van der Waals surface area contributed by atoms with Crippen molar-refractivity contribution < 1.29 is 0 Å². The lowest BCUT2D eigenvalue weighted by atomic mass is 10.3. The Kier molecular flexibility index (Phi) is 3.71. The molecule has 0 radical (unpaired) electrons. The third-order valence-electron chi connectivity index (χ3n) is 2.02. The first-order chi connectivity index (χ1) is 6.24. The Morgan fingerprint density at radius 3 is 2.92 bits per heavy atom. The molecule has 0 aliphatic rings. The van der Waals surface area contributed by atoms with Crippen molar-refractivity contribution in [3.63, 3.8) is 0 Å². The van der Waals surface area contributed by atoms with Crippen LogP contribution < -0.4 is 10.6 Å². The Morgan fingerprint density at radius 1 is 1.54 bits per heavy atom. The Morgan fingerprint density at radius 2 is 2.31 bits per heavy atom. The molecular formula is C10H17N3. The molecule has 0 fully saturated rings. The van der Waals surface area contributed by atoms with Gasteiger partial charge >= 0.3 is 0 Å². The molecule has 0 aliphatic heterocycles. The average molecular weight is 179 g/mol. The molecule has 1 heterocycles. The fourth-order valence-corrected chi connectivity index (χ4v) is 1.23. The quantitative estimate of drug-likeness (QED) is 0.754. The molecule has 1 aromatic rings. The standard InChI is InChI=1S/C10H17N3/c1-9-8-10(4-6-12-9)13(2)7-3-5-11/h4,6,8H,3,5,7,11H2,1-2H3. The fourth-order valence-electron chi connectivity index (χ4n) is 1.23. The van der Waals surface area contributed by atoms with E-state index in [4.69, 9.17) is 5.73 Å². The van der Waals surface area contributed by atoms with Crippen LogP contribution in [0.1, 0.15) is 12.1 Å². The molecule has 2 N–H and O–H groups in total. The molecular weight excluding hydrogens is 162 g/mol. The molecule has 13 heavy (non-hydrogen) atoms. The number of nitrogens with zero attached hydrogens (tertiary/aromatic N) is 2. The van der Waals surface area contributed by atoms with Crippen LogP contribution >= 0.6 is 0 Å². The largest absolute Gasteiger partial charge is 0.374 e. The molecule has 0 aliphatic carbocycles. The van der Waals surface area contributed by atoms with Crippen LogP contribution in [0.5, 0.6) is 0 Å². The Bertz CT molecular complexity index is 260. The summed E-state index contributed by atoms with van der Waals surface area (Å²) < 4.78 is 0. The van der Waals surface area contributed by atoms with Crippen molar-refractivity contribution in [3.05, 3.63) is 24.0 Å². The Balaban J connectivity index is 2.60. The SMILES string of the molecule is Cc1cc(N(C)CCCN)ccn1. The van der Waals surface area contributed by atoms with Crippen molar-refractivity contribution in [2.24, 2.45) is 5.73 Å². The predicted octanol–water partition coefficient (Wildman–Crippen LogP) is 1.18. The first-order valence-corrected chi connectivity index (χ1v) is 4.58. The van der Waals surface area contributed by atoms with E-state index in [1.54, 1.807) is 0 Å². The number of aryl methyl sites for hydroxylation is 1. The van der Waals surface area contributed by atoms with Crippen molar-refractivity contribution in [1.29, 1.82) is 0 Å². The van der Waals surface area contributed by atoms with Crippen LogP contribution in [0, 0.1) is 6.92 Å². The zero-order valence-corrected chi connectivity index (χ0v) is 8.33. The summed E-state index contributed by atoms with van der Waals surface area (Å²) in [4.78, 5) is 6.35. The summed E-state index contributed by atoms with van der Waals surface area (Å²) in [6.07, 6.45) is 2.86. The highest BCUT2D eigenvalue weighted by molar-refractivity contribution is 5.45. The number of hydrogen-bond donors (Lipinski definition) is 1. The number of hydrogen-bond acceptors (Lipinski definition) is 3. The van der Waals surface area contributed by atoms with E-state index in [1.165, 1.54) is 5.69 Å². The van der Waals surface area contributed by atoms with Gasteiger partial charge in [-0.1, -0.05) is 0 Å². The van der Waals surface area contributed by atoms with E-state index in [0.29, 0.717) is 0 Å². The van der Waals surface area contributed by atoms with Crippen molar-refractivity contribution in [2.75, 3.05) is 25.0 Å². The maximum atomic E-state index is 5.45. The third-order valence-corrected chi connectivity index (χ3v) is 2.02. The summed E-state index contributed by atoms with van der Waals surface area (Å²) in [5, 5.41) is 0. The summed E-state index contributed by atoms with van der Waals surface area (Å²) >= 11 is 0. The minimum atomic E-state index is 0.744. The lowest BCUT2D eigenvalue weighted by Crippen LogP contribution is -2.21. The van der Waals surface area contributed by atoms with Crippen LogP contribution in [0.25, 0.3) is 0 Å². The molecule has 0 spiro atoms. The van der Waals surface area contributed by atoms with E-state index in [-0.39, 0.29) is 0 Å². The van der Waals surface area contributed by atoms with E-state index in [0.717, 1.165) is 25.2 Å². The molecule has 3 heteroatoms. The topological polar surface area (TPSA) is 42.1 Å². The van der Waals surface area contributed by atoms with Crippen LogP contribution in [-0.4, -0.2) is 25.1 Å². The van der Waals surface area contributed by atoms with Gasteiger partial charge in [0.25, 0.3) is 0 Å². The van der Waals surface area contributed by atoms with Gasteiger partial charge in [0, 0.05) is 31.2 Å². The molecule has 1 rings (SSSR count). The molecule has 0 atom stereocenters. The highest BCUT2D eigenvalue weighted by Crippen LogP contribution is 2.11. The van der Waals surface area contributed by atoms with Crippen LogP contribution in [0.2, 0.25) is 0 Å². The maximum absolute atomic E-state index is 5.45. The van der Waals surface area contributed by atoms with E-state index in [9.17, 15) is 0 Å². The highest BCUT2D eigenvalue weighted by Gasteiger charge is 1.99. The van der Waals surface area contributed by atoms with Gasteiger partial charge in [-0.05, 0) is 32.0 Å². The van der Waals surface area contributed by atoms with Gasteiger partial charge in [0.1, 0.15) is 0 Å². The fraction of sp³-hybridized carbons (Fsp3) is 0.500. The first kappa shape index (κ1) is 9.99. The van der Waals surface area contributed by atoms with Crippen LogP contribution in [-0.2, 0) is 0 Å². The van der Waals surface area contributed by atoms with Crippen LogP contribution in [0.3, 0.4) is 0 Å². The van der Waals surface area contributed by atoms with Gasteiger partial charge in [0.05, 0.1) is 0 Å². The van der Waals surface area contributed by atoms with Gasteiger partial charge in [0.2, 0.25) is 0 Å². The minimum Gasteiger partial charge on any atom is -0.374 e. The molecule has 72 valence electrons. The first-order valence-electron chi connectivity index (χ1n) is 4.58. The smallest absolute Gasteiger partial charge is 0.0397 e. The molecule has 0 amide bonds. The monoisotopic (exact) mass is 179 g/mol. The number of pyridine rings is 1.